The Morgan fingerprint density at radius 2 is 2.41 bits per heavy atom. The molecule has 7 nitrogen and oxygen atoms in total. The van der Waals surface area contributed by atoms with Crippen LogP contribution in [0.25, 0.3) is 10.9 Å². The molecule has 1 aliphatic heterocycles. The first-order chi connectivity index (χ1) is 10.5. The zero-order valence-electron chi connectivity index (χ0n) is 12.7. The minimum atomic E-state index is -0.228. The van der Waals surface area contributed by atoms with Crippen molar-refractivity contribution in [2.75, 3.05) is 13.2 Å². The molecule has 1 aromatic carbocycles. The third-order valence-corrected chi connectivity index (χ3v) is 3.54. The molecule has 0 radical (unpaired) electrons. The summed E-state index contributed by atoms with van der Waals surface area (Å²) in [6.45, 7) is 4.22. The monoisotopic (exact) mass is 304 g/mol. The Labute approximate surface area is 128 Å². The van der Waals surface area contributed by atoms with Crippen LogP contribution < -0.4 is 20.5 Å². The maximum Gasteiger partial charge on any atom is 0.217 e. The number of fused-ring (bicyclic) bond motifs is 3. The maximum atomic E-state index is 11.0. The Morgan fingerprint density at radius 3 is 3.14 bits per heavy atom. The molecule has 2 atom stereocenters. The maximum absolute atomic E-state index is 11.0. The largest absolute Gasteiger partial charge is 0.485 e. The van der Waals surface area contributed by atoms with Gasteiger partial charge < -0.3 is 20.5 Å². The van der Waals surface area contributed by atoms with Crippen molar-refractivity contribution in [3.05, 3.63) is 17.8 Å². The molecule has 0 aliphatic carbocycles. The number of hydrogen-bond acceptors (Lipinski definition) is 5. The highest BCUT2D eigenvalue weighted by atomic mass is 16.6. The zero-order valence-corrected chi connectivity index (χ0v) is 12.7. The Bertz CT molecular complexity index is 695. The number of hydrogen-bond donors (Lipinski definition) is 3. The lowest BCUT2D eigenvalue weighted by Crippen LogP contribution is -2.40. The van der Waals surface area contributed by atoms with Gasteiger partial charge in [-0.3, -0.25) is 9.89 Å². The second-order valence-corrected chi connectivity index (χ2v) is 5.70. The number of aromatic amines is 1. The van der Waals surface area contributed by atoms with Crippen molar-refractivity contribution in [1.82, 2.24) is 15.5 Å². The normalized spacial score (nSPS) is 18.2. The van der Waals surface area contributed by atoms with E-state index in [1.54, 1.807) is 6.20 Å². The predicted octanol–water partition coefficient (Wildman–Crippen LogP) is 0.729. The molecule has 0 bridgehead atoms. The van der Waals surface area contributed by atoms with Gasteiger partial charge in [0.05, 0.1) is 12.7 Å². The van der Waals surface area contributed by atoms with Crippen LogP contribution in [0.1, 0.15) is 19.4 Å². The van der Waals surface area contributed by atoms with E-state index < -0.39 is 0 Å². The number of amides is 1. The summed E-state index contributed by atoms with van der Waals surface area (Å²) in [5.41, 5.74) is 7.73. The minimum absolute atomic E-state index is 0.0224. The third kappa shape index (κ3) is 2.85. The number of nitrogens with two attached hydrogens (primary N) is 1. The topological polar surface area (TPSA) is 102 Å². The van der Waals surface area contributed by atoms with Crippen LogP contribution in [0.15, 0.2) is 12.3 Å². The SMILES string of the molecule is CC(=O)NCC1COc2c(CC(C)N)cc3cn[nH]c3c2O1. The van der Waals surface area contributed by atoms with Gasteiger partial charge in [-0.05, 0) is 19.4 Å². The Balaban J connectivity index is 1.94. The smallest absolute Gasteiger partial charge is 0.217 e. The van der Waals surface area contributed by atoms with Crippen molar-refractivity contribution in [1.29, 1.82) is 0 Å². The Hall–Kier alpha value is -2.28. The lowest BCUT2D eigenvalue weighted by atomic mass is 10.0. The lowest BCUT2D eigenvalue weighted by molar-refractivity contribution is -0.119. The molecule has 2 heterocycles. The van der Waals surface area contributed by atoms with Crippen LogP contribution in [0.5, 0.6) is 11.5 Å². The lowest BCUT2D eigenvalue weighted by Gasteiger charge is -2.28. The van der Waals surface area contributed by atoms with E-state index in [9.17, 15) is 4.79 Å². The van der Waals surface area contributed by atoms with Gasteiger partial charge in [-0.25, -0.2) is 0 Å². The number of aromatic nitrogens is 2. The zero-order chi connectivity index (χ0) is 15.7. The van der Waals surface area contributed by atoms with Gasteiger partial charge in [0.2, 0.25) is 5.91 Å². The fourth-order valence-electron chi connectivity index (χ4n) is 2.60. The van der Waals surface area contributed by atoms with Crippen LogP contribution in [0, 0.1) is 0 Å². The van der Waals surface area contributed by atoms with Gasteiger partial charge >= 0.3 is 0 Å². The third-order valence-electron chi connectivity index (χ3n) is 3.54. The first-order valence-corrected chi connectivity index (χ1v) is 7.33. The van der Waals surface area contributed by atoms with Crippen LogP contribution in [-0.4, -0.2) is 41.4 Å². The van der Waals surface area contributed by atoms with Crippen LogP contribution in [0.2, 0.25) is 0 Å². The summed E-state index contributed by atoms with van der Waals surface area (Å²) in [6.07, 6.45) is 2.22. The summed E-state index contributed by atoms with van der Waals surface area (Å²) in [5, 5.41) is 10.7. The van der Waals surface area contributed by atoms with Crippen molar-refractivity contribution >= 4 is 16.8 Å². The highest BCUT2D eigenvalue weighted by Crippen LogP contribution is 2.41. The molecule has 1 aliphatic rings. The molecule has 4 N–H and O–H groups in total. The molecule has 0 fully saturated rings. The molecule has 22 heavy (non-hydrogen) atoms. The van der Waals surface area contributed by atoms with Crippen molar-refractivity contribution in [2.24, 2.45) is 5.73 Å². The van der Waals surface area contributed by atoms with E-state index in [-0.39, 0.29) is 18.1 Å². The summed E-state index contributed by atoms with van der Waals surface area (Å²) >= 11 is 0. The fourth-order valence-corrected chi connectivity index (χ4v) is 2.60. The molecule has 118 valence electrons. The summed E-state index contributed by atoms with van der Waals surface area (Å²) in [6, 6.07) is 2.05. The summed E-state index contributed by atoms with van der Waals surface area (Å²) in [7, 11) is 0. The second kappa shape index (κ2) is 5.84. The molecular formula is C15H20N4O3. The van der Waals surface area contributed by atoms with Crippen molar-refractivity contribution < 1.29 is 14.3 Å². The van der Waals surface area contributed by atoms with E-state index in [2.05, 4.69) is 15.5 Å². The van der Waals surface area contributed by atoms with E-state index >= 15 is 0 Å². The number of carbonyl (C=O) groups is 1. The number of nitrogens with one attached hydrogen (secondary N) is 2. The number of ether oxygens (including phenoxy) is 2. The average molecular weight is 304 g/mol. The molecule has 0 spiro atoms. The molecular weight excluding hydrogens is 284 g/mol. The van der Waals surface area contributed by atoms with Gasteiger partial charge in [-0.15, -0.1) is 0 Å². The van der Waals surface area contributed by atoms with Crippen molar-refractivity contribution in [3.63, 3.8) is 0 Å². The van der Waals surface area contributed by atoms with Crippen molar-refractivity contribution in [3.8, 4) is 11.5 Å². The number of H-pyrrole nitrogens is 1. The predicted molar refractivity (Wildman–Crippen MR) is 82.0 cm³/mol. The molecule has 1 aromatic heterocycles. The second-order valence-electron chi connectivity index (χ2n) is 5.70. The average Bonchev–Trinajstić information content (AvgIpc) is 2.93. The van der Waals surface area contributed by atoms with Gasteiger partial charge in [-0.1, -0.05) is 0 Å². The van der Waals surface area contributed by atoms with E-state index in [4.69, 9.17) is 15.2 Å². The summed E-state index contributed by atoms with van der Waals surface area (Å²) in [5.74, 6) is 1.27. The van der Waals surface area contributed by atoms with E-state index in [1.165, 1.54) is 6.92 Å². The quantitative estimate of drug-likeness (QED) is 0.773. The van der Waals surface area contributed by atoms with Gasteiger partial charge in [0.25, 0.3) is 0 Å². The first kappa shape index (κ1) is 14.6. The first-order valence-electron chi connectivity index (χ1n) is 7.33. The Morgan fingerprint density at radius 1 is 1.59 bits per heavy atom. The number of benzene rings is 1. The number of nitrogens with zero attached hydrogens (tertiary/aromatic N) is 1. The highest BCUT2D eigenvalue weighted by molar-refractivity contribution is 5.88. The van der Waals surface area contributed by atoms with E-state index in [0.717, 1.165) is 16.5 Å². The van der Waals surface area contributed by atoms with E-state index in [1.807, 2.05) is 13.0 Å². The highest BCUT2D eigenvalue weighted by Gasteiger charge is 2.27. The van der Waals surface area contributed by atoms with Crippen LogP contribution in [0.4, 0.5) is 0 Å². The van der Waals surface area contributed by atoms with Crippen LogP contribution in [0.3, 0.4) is 0 Å². The number of carbonyl (C=O) groups excluding carboxylic acids is 1. The molecule has 3 rings (SSSR count). The number of rotatable bonds is 4. The minimum Gasteiger partial charge on any atom is -0.485 e. The van der Waals surface area contributed by atoms with Crippen LogP contribution >= 0.6 is 0 Å². The van der Waals surface area contributed by atoms with Gasteiger partial charge in [0.15, 0.2) is 17.6 Å². The Kier molecular flexibility index (Phi) is 3.89. The van der Waals surface area contributed by atoms with Crippen LogP contribution in [-0.2, 0) is 11.2 Å². The summed E-state index contributed by atoms with van der Waals surface area (Å²) in [4.78, 5) is 11.0. The molecule has 0 saturated heterocycles. The fraction of sp³-hybridized carbons (Fsp3) is 0.467. The van der Waals surface area contributed by atoms with Gasteiger partial charge in [0.1, 0.15) is 12.1 Å². The molecule has 0 saturated carbocycles. The van der Waals surface area contributed by atoms with Gasteiger partial charge in [-0.2, -0.15) is 5.10 Å². The molecule has 1 amide bonds. The molecule has 2 aromatic rings. The van der Waals surface area contributed by atoms with E-state index in [0.29, 0.717) is 31.1 Å². The standard InChI is InChI=1S/C15H20N4O3/c1-8(16)3-10-4-11-5-18-19-13(11)15-14(10)21-7-12(22-15)6-17-9(2)20/h4-5,8,12H,3,6-7,16H2,1-2H3,(H,17,20)(H,18,19). The molecule has 2 unspecified atom stereocenters. The van der Waals surface area contributed by atoms with Crippen molar-refractivity contribution in [2.45, 2.75) is 32.4 Å². The van der Waals surface area contributed by atoms with Gasteiger partial charge in [0, 0.05) is 23.9 Å². The molecule has 7 heteroatoms. The summed E-state index contributed by atoms with van der Waals surface area (Å²) < 4.78 is 11.9.